The molecule has 2 N–H and O–H groups in total. The van der Waals surface area contributed by atoms with Crippen LogP contribution in [0.3, 0.4) is 0 Å². The van der Waals surface area contributed by atoms with Crippen LogP contribution in [0.5, 0.6) is 0 Å². The zero-order chi connectivity index (χ0) is 23.9. The van der Waals surface area contributed by atoms with Gasteiger partial charge in [0.05, 0.1) is 13.4 Å². The largest absolute Gasteiger partial charge is 0.467 e. The molecule has 0 spiro atoms. The predicted octanol–water partition coefficient (Wildman–Crippen LogP) is 1.37. The van der Waals surface area contributed by atoms with Crippen LogP contribution >= 0.6 is 0 Å². The van der Waals surface area contributed by atoms with Gasteiger partial charge in [-0.15, -0.1) is 0 Å². The number of methoxy groups -OCH3 is 1. The van der Waals surface area contributed by atoms with Crippen molar-refractivity contribution in [1.29, 1.82) is 0 Å². The lowest BCUT2D eigenvalue weighted by molar-refractivity contribution is -0.144. The smallest absolute Gasteiger partial charge is 0.328 e. The molecule has 1 heterocycles. The number of pyridine rings is 1. The summed E-state index contributed by atoms with van der Waals surface area (Å²) in [6.07, 6.45) is 7.12. The summed E-state index contributed by atoms with van der Waals surface area (Å²) in [4.78, 5) is 38.4. The first-order valence-corrected chi connectivity index (χ1v) is 13.0. The van der Waals surface area contributed by atoms with E-state index in [0.717, 1.165) is 56.0 Å². The van der Waals surface area contributed by atoms with E-state index in [1.807, 2.05) is 0 Å². The number of carbonyl (C=O) groups excluding carboxylic acids is 2. The number of sulfonamides is 1. The van der Waals surface area contributed by atoms with Gasteiger partial charge >= 0.3 is 5.97 Å². The van der Waals surface area contributed by atoms with Crippen LogP contribution in [0, 0.1) is 5.92 Å². The van der Waals surface area contributed by atoms with Crippen molar-refractivity contribution in [3.8, 4) is 0 Å². The molecule has 10 heteroatoms. The summed E-state index contributed by atoms with van der Waals surface area (Å²) in [5.74, 6) is -1.38. The third-order valence-electron chi connectivity index (χ3n) is 5.68. The monoisotopic (exact) mass is 469 g/mol. The quantitative estimate of drug-likeness (QED) is 0.416. The summed E-state index contributed by atoms with van der Waals surface area (Å²) in [5, 5.41) is 2.65. The molecule has 1 aliphatic carbocycles. The maximum absolute atomic E-state index is 13.3. The van der Waals surface area contributed by atoms with Crippen molar-refractivity contribution in [3.63, 3.8) is 0 Å². The molecule has 0 fully saturated rings. The Bertz CT molecular complexity index is 984. The van der Waals surface area contributed by atoms with Crippen molar-refractivity contribution in [2.75, 3.05) is 19.9 Å². The summed E-state index contributed by atoms with van der Waals surface area (Å²) < 4.78 is 31.5. The van der Waals surface area contributed by atoms with Crippen LogP contribution in [0.25, 0.3) is 0 Å². The first-order chi connectivity index (χ1) is 15.0. The van der Waals surface area contributed by atoms with Crippen LogP contribution in [0.1, 0.15) is 67.6 Å². The van der Waals surface area contributed by atoms with Crippen LogP contribution < -0.4 is 15.6 Å². The fourth-order valence-electron chi connectivity index (χ4n) is 3.97. The van der Waals surface area contributed by atoms with E-state index in [9.17, 15) is 22.8 Å². The molecule has 0 saturated carbocycles. The van der Waals surface area contributed by atoms with Gasteiger partial charge in [-0.05, 0) is 49.7 Å². The molecule has 1 aliphatic rings. The summed E-state index contributed by atoms with van der Waals surface area (Å²) in [5.41, 5.74) is 1.45. The SMILES string of the molecule is COC(=O)[C@@H](NC(=O)c1cc2c(n(CCCNS(C)(=O)=O)c1=O)CCCCCC2)C(C)C. The van der Waals surface area contributed by atoms with Gasteiger partial charge in [-0.2, -0.15) is 0 Å². The second-order valence-corrected chi connectivity index (χ2v) is 10.5. The van der Waals surface area contributed by atoms with Gasteiger partial charge in [-0.25, -0.2) is 17.9 Å². The number of hydrogen-bond acceptors (Lipinski definition) is 6. The highest BCUT2D eigenvalue weighted by atomic mass is 32.2. The van der Waals surface area contributed by atoms with Gasteiger partial charge in [-0.1, -0.05) is 26.7 Å². The van der Waals surface area contributed by atoms with E-state index >= 15 is 0 Å². The van der Waals surface area contributed by atoms with Crippen LogP contribution in [-0.2, 0) is 38.9 Å². The summed E-state index contributed by atoms with van der Waals surface area (Å²) >= 11 is 0. The highest BCUT2D eigenvalue weighted by Gasteiger charge is 2.27. The highest BCUT2D eigenvalue weighted by Crippen LogP contribution is 2.20. The Labute approximate surface area is 190 Å². The molecule has 1 aromatic heterocycles. The average Bonchev–Trinajstić information content (AvgIpc) is 2.69. The van der Waals surface area contributed by atoms with E-state index < -0.39 is 33.5 Å². The summed E-state index contributed by atoms with van der Waals surface area (Å²) in [6.45, 7) is 4.08. The van der Waals surface area contributed by atoms with Gasteiger partial charge in [0.2, 0.25) is 10.0 Å². The van der Waals surface area contributed by atoms with E-state index in [-0.39, 0.29) is 18.0 Å². The Kier molecular flexibility index (Phi) is 9.45. The van der Waals surface area contributed by atoms with Crippen LogP contribution in [0.4, 0.5) is 0 Å². The zero-order valence-electron chi connectivity index (χ0n) is 19.4. The van der Waals surface area contributed by atoms with Crippen molar-refractivity contribution >= 4 is 21.9 Å². The normalized spacial score (nSPS) is 15.4. The molecule has 32 heavy (non-hydrogen) atoms. The molecule has 2 rings (SSSR count). The van der Waals surface area contributed by atoms with Crippen LogP contribution in [-0.4, -0.2) is 50.8 Å². The van der Waals surface area contributed by atoms with Gasteiger partial charge in [0.25, 0.3) is 11.5 Å². The standard InChI is InChI=1S/C22H35N3O6S/c1-15(2)19(22(28)31-3)24-20(26)17-14-16-10-7-5-6-8-11-18(16)25(21(17)27)13-9-12-23-32(4,29)30/h14-15,19,23H,5-13H2,1-4H3,(H,24,26)/t19-/m0/s1. The fourth-order valence-corrected chi connectivity index (χ4v) is 4.49. The third-order valence-corrected chi connectivity index (χ3v) is 6.40. The lowest BCUT2D eigenvalue weighted by atomic mass is 9.95. The predicted molar refractivity (Wildman–Crippen MR) is 122 cm³/mol. The number of rotatable bonds is 9. The molecule has 9 nitrogen and oxygen atoms in total. The number of amides is 1. The molecule has 1 atom stereocenters. The summed E-state index contributed by atoms with van der Waals surface area (Å²) in [7, 11) is -2.06. The second-order valence-electron chi connectivity index (χ2n) is 8.64. The number of aromatic nitrogens is 1. The minimum Gasteiger partial charge on any atom is -0.467 e. The average molecular weight is 470 g/mol. The van der Waals surface area contributed by atoms with Crippen molar-refractivity contribution < 1.29 is 22.7 Å². The van der Waals surface area contributed by atoms with Crippen molar-refractivity contribution in [2.45, 2.75) is 71.4 Å². The maximum atomic E-state index is 13.3. The second kappa shape index (κ2) is 11.6. The van der Waals surface area contributed by atoms with E-state index in [1.54, 1.807) is 24.5 Å². The Balaban J connectivity index is 2.40. The number of esters is 1. The lowest BCUT2D eigenvalue weighted by Crippen LogP contribution is -2.47. The van der Waals surface area contributed by atoms with Crippen molar-refractivity contribution in [3.05, 3.63) is 33.2 Å². The van der Waals surface area contributed by atoms with Gasteiger partial charge in [0.1, 0.15) is 11.6 Å². The number of aryl methyl sites for hydroxylation is 1. The minimum absolute atomic E-state index is 0.00468. The number of nitrogens with zero attached hydrogens (tertiary/aromatic N) is 1. The first-order valence-electron chi connectivity index (χ1n) is 11.1. The zero-order valence-corrected chi connectivity index (χ0v) is 20.2. The van der Waals surface area contributed by atoms with Gasteiger partial charge in [0.15, 0.2) is 0 Å². The van der Waals surface area contributed by atoms with E-state index in [4.69, 9.17) is 4.74 Å². The molecule has 0 aromatic carbocycles. The highest BCUT2D eigenvalue weighted by molar-refractivity contribution is 7.88. The Morgan fingerprint density at radius 2 is 1.81 bits per heavy atom. The Morgan fingerprint density at radius 1 is 1.16 bits per heavy atom. The summed E-state index contributed by atoms with van der Waals surface area (Å²) in [6, 6.07) is 0.805. The molecular formula is C22H35N3O6S. The molecule has 180 valence electrons. The van der Waals surface area contributed by atoms with Gasteiger partial charge < -0.3 is 14.6 Å². The van der Waals surface area contributed by atoms with E-state index in [2.05, 4.69) is 10.0 Å². The van der Waals surface area contributed by atoms with Crippen LogP contribution in [0.15, 0.2) is 10.9 Å². The van der Waals surface area contributed by atoms with Crippen molar-refractivity contribution in [2.24, 2.45) is 5.92 Å². The fraction of sp³-hybridized carbons (Fsp3) is 0.682. The molecule has 1 aromatic rings. The van der Waals surface area contributed by atoms with Gasteiger partial charge in [0, 0.05) is 18.8 Å². The number of ether oxygens (including phenoxy) is 1. The minimum atomic E-state index is -3.32. The molecule has 1 amide bonds. The molecule has 0 unspecified atom stereocenters. The first kappa shape index (κ1) is 26.1. The molecular weight excluding hydrogens is 434 g/mol. The lowest BCUT2D eigenvalue weighted by Gasteiger charge is -2.23. The molecule has 0 saturated heterocycles. The third kappa shape index (κ3) is 7.16. The number of carbonyl (C=O) groups is 2. The van der Waals surface area contributed by atoms with E-state index in [0.29, 0.717) is 13.0 Å². The number of nitrogens with one attached hydrogen (secondary N) is 2. The topological polar surface area (TPSA) is 124 Å². The van der Waals surface area contributed by atoms with Crippen LogP contribution in [0.2, 0.25) is 0 Å². The molecule has 0 radical (unpaired) electrons. The molecule has 0 bridgehead atoms. The number of fused-ring (bicyclic) bond motifs is 1. The van der Waals surface area contributed by atoms with Crippen molar-refractivity contribution in [1.82, 2.24) is 14.6 Å². The molecule has 0 aliphatic heterocycles. The Morgan fingerprint density at radius 3 is 2.41 bits per heavy atom. The number of hydrogen-bond donors (Lipinski definition) is 2. The van der Waals surface area contributed by atoms with E-state index in [1.165, 1.54) is 7.11 Å². The maximum Gasteiger partial charge on any atom is 0.328 e. The van der Waals surface area contributed by atoms with Gasteiger partial charge in [-0.3, -0.25) is 9.59 Å². The Hall–Kier alpha value is -2.20.